The number of anilines is 1. The first kappa shape index (κ1) is 15.7. The molecular formula is C16H26N2OS. The summed E-state index contributed by atoms with van der Waals surface area (Å²) < 4.78 is 5.17. The summed E-state index contributed by atoms with van der Waals surface area (Å²) in [4.78, 5) is 2.55. The second-order valence-electron chi connectivity index (χ2n) is 5.54. The molecule has 1 heterocycles. The van der Waals surface area contributed by atoms with Gasteiger partial charge in [-0.25, -0.2) is 0 Å². The van der Waals surface area contributed by atoms with Crippen molar-refractivity contribution >= 4 is 17.4 Å². The Balaban J connectivity index is 1.94. The standard InChI is InChI=1S/C16H26N2OS/c1-13-10-15(11-18-6-8-20-9-7-18)4-5-16(13)17-14(2)12-19-3/h4-5,10,14,17H,6-9,11-12H2,1-3H3/t14-/m0/s1. The minimum absolute atomic E-state index is 0.337. The van der Waals surface area contributed by atoms with Gasteiger partial charge in [-0.2, -0.15) is 11.8 Å². The summed E-state index contributed by atoms with van der Waals surface area (Å²) >= 11 is 2.06. The number of benzene rings is 1. The van der Waals surface area contributed by atoms with Crippen molar-refractivity contribution in [2.45, 2.75) is 26.4 Å². The largest absolute Gasteiger partial charge is 0.383 e. The minimum atomic E-state index is 0.337. The van der Waals surface area contributed by atoms with Crippen LogP contribution in [0.15, 0.2) is 18.2 Å². The zero-order valence-corrected chi connectivity index (χ0v) is 13.6. The van der Waals surface area contributed by atoms with Crippen LogP contribution in [0, 0.1) is 6.92 Å². The molecule has 20 heavy (non-hydrogen) atoms. The van der Waals surface area contributed by atoms with E-state index >= 15 is 0 Å². The monoisotopic (exact) mass is 294 g/mol. The molecule has 1 aromatic carbocycles. The Morgan fingerprint density at radius 3 is 2.75 bits per heavy atom. The second kappa shape index (κ2) is 7.91. The van der Waals surface area contributed by atoms with Crippen molar-refractivity contribution in [2.75, 3.05) is 43.6 Å². The van der Waals surface area contributed by atoms with Crippen LogP contribution in [0.25, 0.3) is 0 Å². The van der Waals surface area contributed by atoms with Gasteiger partial charge in [-0.05, 0) is 31.0 Å². The lowest BCUT2D eigenvalue weighted by atomic mass is 10.1. The van der Waals surface area contributed by atoms with Gasteiger partial charge in [0.1, 0.15) is 0 Å². The highest BCUT2D eigenvalue weighted by molar-refractivity contribution is 7.99. The first-order valence-electron chi connectivity index (χ1n) is 7.34. The molecule has 112 valence electrons. The van der Waals surface area contributed by atoms with Gasteiger partial charge >= 0.3 is 0 Å². The smallest absolute Gasteiger partial charge is 0.0661 e. The quantitative estimate of drug-likeness (QED) is 0.872. The van der Waals surface area contributed by atoms with E-state index in [1.54, 1.807) is 7.11 Å². The summed E-state index contributed by atoms with van der Waals surface area (Å²) in [6, 6.07) is 7.10. The van der Waals surface area contributed by atoms with Gasteiger partial charge in [0, 0.05) is 50.0 Å². The third-order valence-electron chi connectivity index (χ3n) is 3.62. The topological polar surface area (TPSA) is 24.5 Å². The number of ether oxygens (including phenoxy) is 1. The van der Waals surface area contributed by atoms with Gasteiger partial charge in [0.2, 0.25) is 0 Å². The van der Waals surface area contributed by atoms with Gasteiger partial charge in [-0.1, -0.05) is 12.1 Å². The molecule has 0 aromatic heterocycles. The van der Waals surface area contributed by atoms with E-state index in [0.29, 0.717) is 6.04 Å². The molecule has 1 aliphatic heterocycles. The lowest BCUT2D eigenvalue weighted by Crippen LogP contribution is -2.32. The van der Waals surface area contributed by atoms with Crippen molar-refractivity contribution in [2.24, 2.45) is 0 Å². The van der Waals surface area contributed by atoms with Crippen molar-refractivity contribution in [1.29, 1.82) is 0 Å². The number of thioether (sulfide) groups is 1. The first-order valence-corrected chi connectivity index (χ1v) is 8.49. The third-order valence-corrected chi connectivity index (χ3v) is 4.56. The van der Waals surface area contributed by atoms with E-state index in [4.69, 9.17) is 4.74 Å². The zero-order chi connectivity index (χ0) is 14.4. The van der Waals surface area contributed by atoms with Gasteiger partial charge in [-0.15, -0.1) is 0 Å². The molecule has 0 aliphatic carbocycles. The fourth-order valence-corrected chi connectivity index (χ4v) is 3.54. The Hall–Kier alpha value is -0.710. The number of hydrogen-bond acceptors (Lipinski definition) is 4. The normalized spacial score (nSPS) is 17.9. The SMILES string of the molecule is COC[C@H](C)Nc1ccc(CN2CCSCC2)cc1C. The molecule has 0 saturated carbocycles. The van der Waals surface area contributed by atoms with Crippen molar-refractivity contribution in [1.82, 2.24) is 4.90 Å². The van der Waals surface area contributed by atoms with Crippen LogP contribution < -0.4 is 5.32 Å². The molecular weight excluding hydrogens is 268 g/mol. The second-order valence-corrected chi connectivity index (χ2v) is 6.76. The van der Waals surface area contributed by atoms with Gasteiger partial charge in [0.15, 0.2) is 0 Å². The van der Waals surface area contributed by atoms with E-state index in [1.165, 1.54) is 41.4 Å². The zero-order valence-electron chi connectivity index (χ0n) is 12.8. The molecule has 0 radical (unpaired) electrons. The molecule has 0 bridgehead atoms. The molecule has 0 amide bonds. The average Bonchev–Trinajstić information content (AvgIpc) is 2.43. The Kier molecular flexibility index (Phi) is 6.20. The molecule has 0 spiro atoms. The number of rotatable bonds is 6. The maximum absolute atomic E-state index is 5.17. The number of nitrogens with zero attached hydrogens (tertiary/aromatic N) is 1. The van der Waals surface area contributed by atoms with Crippen LogP contribution in [0.4, 0.5) is 5.69 Å². The highest BCUT2D eigenvalue weighted by Crippen LogP contribution is 2.20. The molecule has 2 rings (SSSR count). The van der Waals surface area contributed by atoms with Gasteiger partial charge < -0.3 is 10.1 Å². The van der Waals surface area contributed by atoms with Crippen LogP contribution in [-0.2, 0) is 11.3 Å². The van der Waals surface area contributed by atoms with E-state index in [-0.39, 0.29) is 0 Å². The van der Waals surface area contributed by atoms with Crippen LogP contribution >= 0.6 is 11.8 Å². The van der Waals surface area contributed by atoms with Gasteiger partial charge in [0.25, 0.3) is 0 Å². The first-order chi connectivity index (χ1) is 9.69. The van der Waals surface area contributed by atoms with Crippen LogP contribution in [0.3, 0.4) is 0 Å². The van der Waals surface area contributed by atoms with Crippen molar-refractivity contribution < 1.29 is 4.74 Å². The average molecular weight is 294 g/mol. The Morgan fingerprint density at radius 2 is 2.10 bits per heavy atom. The molecule has 1 aromatic rings. The van der Waals surface area contributed by atoms with E-state index in [1.807, 2.05) is 0 Å². The van der Waals surface area contributed by atoms with Gasteiger partial charge in [-0.3, -0.25) is 4.90 Å². The maximum Gasteiger partial charge on any atom is 0.0661 e. The molecule has 4 heteroatoms. The summed E-state index contributed by atoms with van der Waals surface area (Å²) in [7, 11) is 1.74. The Bertz CT molecular complexity index is 419. The summed E-state index contributed by atoms with van der Waals surface area (Å²) in [6.45, 7) is 8.56. The molecule has 1 aliphatic rings. The van der Waals surface area contributed by atoms with E-state index in [9.17, 15) is 0 Å². The number of hydrogen-bond donors (Lipinski definition) is 1. The van der Waals surface area contributed by atoms with Crippen LogP contribution in [0.1, 0.15) is 18.1 Å². The number of nitrogens with one attached hydrogen (secondary N) is 1. The third kappa shape index (κ3) is 4.69. The molecule has 0 unspecified atom stereocenters. The Labute approximate surface area is 127 Å². The summed E-state index contributed by atoms with van der Waals surface area (Å²) in [5.41, 5.74) is 3.95. The number of methoxy groups -OCH3 is 1. The fraction of sp³-hybridized carbons (Fsp3) is 0.625. The van der Waals surface area contributed by atoms with Crippen molar-refractivity contribution in [3.8, 4) is 0 Å². The van der Waals surface area contributed by atoms with Crippen LogP contribution in [0.5, 0.6) is 0 Å². The van der Waals surface area contributed by atoms with Crippen molar-refractivity contribution in [3.63, 3.8) is 0 Å². The van der Waals surface area contributed by atoms with Crippen LogP contribution in [-0.4, -0.2) is 49.3 Å². The maximum atomic E-state index is 5.17. The number of aryl methyl sites for hydroxylation is 1. The summed E-state index contributed by atoms with van der Waals surface area (Å²) in [5.74, 6) is 2.54. The molecule has 1 atom stereocenters. The predicted molar refractivity (Wildman–Crippen MR) is 88.7 cm³/mol. The lowest BCUT2D eigenvalue weighted by Gasteiger charge is -2.26. The highest BCUT2D eigenvalue weighted by Gasteiger charge is 2.11. The fourth-order valence-electron chi connectivity index (χ4n) is 2.56. The Morgan fingerprint density at radius 1 is 1.35 bits per heavy atom. The summed E-state index contributed by atoms with van der Waals surface area (Å²) in [5, 5.41) is 3.50. The lowest BCUT2D eigenvalue weighted by molar-refractivity contribution is 0.190. The molecule has 1 fully saturated rings. The van der Waals surface area contributed by atoms with Crippen LogP contribution in [0.2, 0.25) is 0 Å². The molecule has 1 N–H and O–H groups in total. The predicted octanol–water partition coefficient (Wildman–Crippen LogP) is 2.99. The van der Waals surface area contributed by atoms with E-state index in [0.717, 1.165) is 13.2 Å². The van der Waals surface area contributed by atoms with E-state index in [2.05, 4.69) is 54.0 Å². The molecule has 1 saturated heterocycles. The summed E-state index contributed by atoms with van der Waals surface area (Å²) in [6.07, 6.45) is 0. The minimum Gasteiger partial charge on any atom is -0.383 e. The van der Waals surface area contributed by atoms with Gasteiger partial charge in [0.05, 0.1) is 6.61 Å². The van der Waals surface area contributed by atoms with E-state index < -0.39 is 0 Å². The molecule has 3 nitrogen and oxygen atoms in total. The highest BCUT2D eigenvalue weighted by atomic mass is 32.2. The van der Waals surface area contributed by atoms with Crippen molar-refractivity contribution in [3.05, 3.63) is 29.3 Å².